The molecule has 1 fully saturated rings. The topological polar surface area (TPSA) is 113 Å². The summed E-state index contributed by atoms with van der Waals surface area (Å²) in [7, 11) is 0. The van der Waals surface area contributed by atoms with Crippen LogP contribution in [0, 0.1) is 5.82 Å². The van der Waals surface area contributed by atoms with E-state index in [4.69, 9.17) is 5.73 Å². The van der Waals surface area contributed by atoms with Crippen molar-refractivity contribution in [3.05, 3.63) is 47.0 Å². The van der Waals surface area contributed by atoms with E-state index in [1.807, 2.05) is 0 Å². The molecule has 1 saturated heterocycles. The van der Waals surface area contributed by atoms with Crippen molar-refractivity contribution in [3.63, 3.8) is 0 Å². The van der Waals surface area contributed by atoms with Crippen molar-refractivity contribution < 1.29 is 41.0 Å². The number of amides is 2. The molecule has 37 heavy (non-hydrogen) atoms. The Kier molecular flexibility index (Phi) is 7.16. The van der Waals surface area contributed by atoms with E-state index in [2.05, 4.69) is 9.97 Å². The van der Waals surface area contributed by atoms with Gasteiger partial charge in [0.1, 0.15) is 5.82 Å². The Hall–Kier alpha value is -3.26. The van der Waals surface area contributed by atoms with E-state index in [-0.39, 0.29) is 42.2 Å². The van der Waals surface area contributed by atoms with E-state index in [1.165, 1.54) is 17.0 Å². The van der Waals surface area contributed by atoms with Crippen LogP contribution in [0.25, 0.3) is 11.4 Å². The molecule has 0 bridgehead atoms. The van der Waals surface area contributed by atoms with Gasteiger partial charge in [-0.1, -0.05) is 0 Å². The van der Waals surface area contributed by atoms with Gasteiger partial charge in [0.05, 0.1) is 12.2 Å². The number of hydrogen-bond acceptors (Lipinski definition) is 6. The number of aromatic nitrogens is 2. The highest BCUT2D eigenvalue weighted by atomic mass is 19.4. The smallest absolute Gasteiger partial charge is 0.368 e. The minimum absolute atomic E-state index is 0.0314. The van der Waals surface area contributed by atoms with Gasteiger partial charge < -0.3 is 20.6 Å². The standard InChI is InChI=1S/C23H23F6N5O3/c24-13-3-1-12(2-4-13)20-31-16-11-33(8-6-15(16)19(32-20)23(27,28)29)18(36)9-14(30)10-34-17(35)5-7-22(25,26)21(34)37/h1-4,14,21,37H,5-11,30H2/t14-,21?/m1/s1. The second kappa shape index (κ2) is 9.89. The number of rotatable bonds is 5. The highest BCUT2D eigenvalue weighted by Gasteiger charge is 2.48. The minimum Gasteiger partial charge on any atom is -0.368 e. The van der Waals surface area contributed by atoms with Gasteiger partial charge in [-0.05, 0) is 30.7 Å². The van der Waals surface area contributed by atoms with Gasteiger partial charge in [-0.25, -0.2) is 23.1 Å². The number of piperidine rings is 1. The molecule has 0 saturated carbocycles. The number of nitrogens with zero attached hydrogens (tertiary/aromatic N) is 4. The predicted octanol–water partition coefficient (Wildman–Crippen LogP) is 2.48. The molecule has 0 aliphatic carbocycles. The lowest BCUT2D eigenvalue weighted by Gasteiger charge is -2.38. The average Bonchev–Trinajstić information content (AvgIpc) is 2.83. The summed E-state index contributed by atoms with van der Waals surface area (Å²) in [4.78, 5) is 34.5. The summed E-state index contributed by atoms with van der Waals surface area (Å²) in [5.41, 5.74) is 4.74. The number of fused-ring (bicyclic) bond motifs is 1. The number of benzene rings is 1. The molecule has 3 N–H and O–H groups in total. The van der Waals surface area contributed by atoms with Crippen molar-refractivity contribution in [3.8, 4) is 11.4 Å². The average molecular weight is 531 g/mol. The largest absolute Gasteiger partial charge is 0.433 e. The van der Waals surface area contributed by atoms with Crippen LogP contribution in [0.2, 0.25) is 0 Å². The Morgan fingerprint density at radius 1 is 1.19 bits per heavy atom. The van der Waals surface area contributed by atoms with Crippen molar-refractivity contribution in [2.45, 2.75) is 56.6 Å². The molecule has 14 heteroatoms. The van der Waals surface area contributed by atoms with Crippen molar-refractivity contribution in [2.75, 3.05) is 13.1 Å². The lowest BCUT2D eigenvalue weighted by Crippen LogP contribution is -2.58. The third-order valence-electron chi connectivity index (χ3n) is 6.32. The molecule has 200 valence electrons. The van der Waals surface area contributed by atoms with Crippen molar-refractivity contribution >= 4 is 11.8 Å². The number of aliphatic hydroxyl groups is 1. The van der Waals surface area contributed by atoms with E-state index in [0.29, 0.717) is 4.90 Å². The molecule has 4 rings (SSSR count). The molecule has 3 heterocycles. The van der Waals surface area contributed by atoms with Gasteiger partial charge in [-0.3, -0.25) is 9.59 Å². The first-order valence-corrected chi connectivity index (χ1v) is 11.4. The Bertz CT molecular complexity index is 1190. The van der Waals surface area contributed by atoms with E-state index in [0.717, 1.165) is 12.1 Å². The number of hydrogen-bond donors (Lipinski definition) is 2. The van der Waals surface area contributed by atoms with E-state index in [9.17, 15) is 41.0 Å². The molecule has 1 unspecified atom stereocenters. The first-order chi connectivity index (χ1) is 17.3. The van der Waals surface area contributed by atoms with E-state index < -0.39 is 73.5 Å². The maximum atomic E-state index is 13.8. The summed E-state index contributed by atoms with van der Waals surface area (Å²) in [6, 6.07) is 3.49. The number of likely N-dealkylation sites (tertiary alicyclic amines) is 1. The van der Waals surface area contributed by atoms with Crippen LogP contribution in [0.1, 0.15) is 36.2 Å². The highest BCUT2D eigenvalue weighted by Crippen LogP contribution is 2.36. The van der Waals surface area contributed by atoms with Gasteiger partial charge in [0.2, 0.25) is 11.8 Å². The molecule has 8 nitrogen and oxygen atoms in total. The Morgan fingerprint density at radius 3 is 2.51 bits per heavy atom. The summed E-state index contributed by atoms with van der Waals surface area (Å²) >= 11 is 0. The molecular weight excluding hydrogens is 508 g/mol. The molecular formula is C23H23F6N5O3. The van der Waals surface area contributed by atoms with Crippen LogP contribution in [0.15, 0.2) is 24.3 Å². The summed E-state index contributed by atoms with van der Waals surface area (Å²) in [5.74, 6) is -5.69. The summed E-state index contributed by atoms with van der Waals surface area (Å²) in [6.07, 6.45) is -9.03. The van der Waals surface area contributed by atoms with Gasteiger partial charge in [0.25, 0.3) is 5.92 Å². The molecule has 2 aliphatic heterocycles. The molecule has 2 atom stereocenters. The lowest BCUT2D eigenvalue weighted by molar-refractivity contribution is -0.205. The molecule has 1 aromatic heterocycles. The van der Waals surface area contributed by atoms with Crippen LogP contribution in [-0.2, 0) is 28.7 Å². The second-order valence-corrected chi connectivity index (χ2v) is 9.04. The van der Waals surface area contributed by atoms with Crippen LogP contribution in [-0.4, -0.2) is 68.0 Å². The quantitative estimate of drug-likeness (QED) is 0.574. The Labute approximate surface area is 207 Å². The maximum absolute atomic E-state index is 13.8. The Balaban J connectivity index is 1.51. The first-order valence-electron chi connectivity index (χ1n) is 11.4. The number of nitrogens with two attached hydrogens (primary N) is 1. The fraction of sp³-hybridized carbons (Fsp3) is 0.478. The summed E-state index contributed by atoms with van der Waals surface area (Å²) in [5, 5.41) is 9.81. The highest BCUT2D eigenvalue weighted by molar-refractivity contribution is 5.79. The molecule has 0 spiro atoms. The molecule has 2 amide bonds. The molecule has 1 aromatic carbocycles. The summed E-state index contributed by atoms with van der Waals surface area (Å²) in [6.45, 7) is -0.880. The zero-order valence-electron chi connectivity index (χ0n) is 19.3. The normalized spacial score (nSPS) is 20.5. The fourth-order valence-corrected chi connectivity index (χ4v) is 4.39. The zero-order valence-corrected chi connectivity index (χ0v) is 19.3. The van der Waals surface area contributed by atoms with E-state index in [1.54, 1.807) is 0 Å². The molecule has 2 aliphatic rings. The van der Waals surface area contributed by atoms with Crippen LogP contribution in [0.4, 0.5) is 26.3 Å². The third kappa shape index (κ3) is 5.69. The van der Waals surface area contributed by atoms with Gasteiger partial charge >= 0.3 is 6.18 Å². The zero-order chi connectivity index (χ0) is 27.1. The van der Waals surface area contributed by atoms with Crippen LogP contribution < -0.4 is 5.73 Å². The van der Waals surface area contributed by atoms with Crippen molar-refractivity contribution in [1.82, 2.24) is 19.8 Å². The van der Waals surface area contributed by atoms with Crippen molar-refractivity contribution in [2.24, 2.45) is 5.73 Å². The number of alkyl halides is 5. The van der Waals surface area contributed by atoms with Crippen LogP contribution in [0.3, 0.4) is 0 Å². The minimum atomic E-state index is -4.79. The maximum Gasteiger partial charge on any atom is 0.433 e. The monoisotopic (exact) mass is 531 g/mol. The number of halogens is 6. The first kappa shape index (κ1) is 26.8. The number of carbonyl (C=O) groups excluding carboxylic acids is 2. The second-order valence-electron chi connectivity index (χ2n) is 9.04. The Morgan fingerprint density at radius 2 is 1.86 bits per heavy atom. The lowest BCUT2D eigenvalue weighted by atomic mass is 10.0. The third-order valence-corrected chi connectivity index (χ3v) is 6.32. The van der Waals surface area contributed by atoms with Gasteiger partial charge in [0.15, 0.2) is 17.7 Å². The van der Waals surface area contributed by atoms with Crippen LogP contribution in [0.5, 0.6) is 0 Å². The fourth-order valence-electron chi connectivity index (χ4n) is 4.39. The number of carbonyl (C=O) groups is 2. The number of aliphatic hydroxyl groups excluding tert-OH is 1. The van der Waals surface area contributed by atoms with Gasteiger partial charge in [-0.15, -0.1) is 0 Å². The van der Waals surface area contributed by atoms with Crippen LogP contribution >= 0.6 is 0 Å². The van der Waals surface area contributed by atoms with E-state index >= 15 is 0 Å². The van der Waals surface area contributed by atoms with Gasteiger partial charge in [0, 0.05) is 49.5 Å². The molecule has 2 aromatic rings. The summed E-state index contributed by atoms with van der Waals surface area (Å²) < 4.78 is 82.1. The SMILES string of the molecule is N[C@H](CC(=O)N1CCc2c(nc(-c3ccc(F)cc3)nc2C(F)(F)F)C1)CN1C(=O)CCC(F)(F)C1O. The predicted molar refractivity (Wildman–Crippen MR) is 116 cm³/mol. The van der Waals surface area contributed by atoms with Gasteiger partial charge in [-0.2, -0.15) is 13.2 Å². The molecule has 0 radical (unpaired) electrons. The van der Waals surface area contributed by atoms with Crippen molar-refractivity contribution in [1.29, 1.82) is 0 Å².